The zero-order valence-corrected chi connectivity index (χ0v) is 13.8. The normalized spacial score (nSPS) is 18.9. The fourth-order valence-corrected chi connectivity index (χ4v) is 3.69. The summed E-state index contributed by atoms with van der Waals surface area (Å²) in [7, 11) is 5.50. The number of rotatable bonds is 10. The Morgan fingerprint density at radius 3 is 2.65 bits per heavy atom. The van der Waals surface area contributed by atoms with Gasteiger partial charge in [0.25, 0.3) is 0 Å². The van der Waals surface area contributed by atoms with E-state index in [-0.39, 0.29) is 0 Å². The van der Waals surface area contributed by atoms with Gasteiger partial charge in [-0.05, 0) is 25.5 Å². The van der Waals surface area contributed by atoms with Gasteiger partial charge in [-0.3, -0.25) is 0 Å². The quantitative estimate of drug-likeness (QED) is 0.318. The Morgan fingerprint density at radius 1 is 1.30 bits per heavy atom. The van der Waals surface area contributed by atoms with Crippen molar-refractivity contribution in [3.8, 4) is 0 Å². The summed E-state index contributed by atoms with van der Waals surface area (Å²) in [5.74, 6) is 1.22. The smallest absolute Gasteiger partial charge is 0.0653 e. The van der Waals surface area contributed by atoms with Crippen molar-refractivity contribution < 1.29 is 0 Å². The van der Waals surface area contributed by atoms with Crippen LogP contribution in [0.4, 0.5) is 0 Å². The monoisotopic (exact) mass is 289 g/mol. The molecule has 20 heavy (non-hydrogen) atoms. The molecule has 0 aliphatic carbocycles. The third-order valence-electron chi connectivity index (χ3n) is 3.70. The second kappa shape index (κ2) is 9.39. The topological polar surface area (TPSA) is 3.24 Å². The molecule has 0 bridgehead atoms. The van der Waals surface area contributed by atoms with Crippen molar-refractivity contribution >= 4 is 19.6 Å². The first-order valence-electron chi connectivity index (χ1n) is 7.66. The molecule has 0 aromatic heterocycles. The molecule has 1 aliphatic rings. The molecule has 3 heteroatoms. The molecular formula is C17H28BNS. The molecular weight excluding hydrogens is 261 g/mol. The molecule has 2 radical (unpaired) electrons. The van der Waals surface area contributed by atoms with Gasteiger partial charge in [-0.1, -0.05) is 44.3 Å². The van der Waals surface area contributed by atoms with E-state index in [9.17, 15) is 0 Å². The third-order valence-corrected chi connectivity index (χ3v) is 5.07. The van der Waals surface area contributed by atoms with Gasteiger partial charge < -0.3 is 4.90 Å². The van der Waals surface area contributed by atoms with Crippen molar-refractivity contribution in [2.45, 2.75) is 57.0 Å². The van der Waals surface area contributed by atoms with E-state index in [0.717, 1.165) is 32.1 Å². The zero-order chi connectivity index (χ0) is 15.0. The van der Waals surface area contributed by atoms with Crippen LogP contribution in [0.1, 0.15) is 45.4 Å². The van der Waals surface area contributed by atoms with Gasteiger partial charge in [0.05, 0.1) is 7.85 Å². The number of hydrogen-bond acceptors (Lipinski definition) is 2. The second-order valence-electron chi connectivity index (χ2n) is 5.68. The lowest BCUT2D eigenvalue weighted by Gasteiger charge is -2.22. The maximum atomic E-state index is 5.50. The van der Waals surface area contributed by atoms with Gasteiger partial charge >= 0.3 is 0 Å². The van der Waals surface area contributed by atoms with E-state index >= 15 is 0 Å². The molecule has 0 saturated carbocycles. The standard InChI is InChI=1S/C17H28BNS/c1-14(2)9-11-19-15(3)13-17(16(19)4)20-12-8-6-5-7-10-18/h17H,1,3-13H2,2H3. The SMILES string of the molecule is [B]CCCCCCSC1CC(=C)N(CCC(=C)C)C1=C. The highest BCUT2D eigenvalue weighted by Gasteiger charge is 2.28. The van der Waals surface area contributed by atoms with Crippen LogP contribution in [0.15, 0.2) is 36.7 Å². The number of likely N-dealkylation sites (tertiary alicyclic amines) is 1. The predicted octanol–water partition coefficient (Wildman–Crippen LogP) is 4.93. The number of thioether (sulfide) groups is 1. The van der Waals surface area contributed by atoms with Gasteiger partial charge in [0.2, 0.25) is 0 Å². The Labute approximate surface area is 131 Å². The summed E-state index contributed by atoms with van der Waals surface area (Å²) in [6.07, 6.45) is 7.91. The molecule has 1 fully saturated rings. The predicted molar refractivity (Wildman–Crippen MR) is 94.3 cm³/mol. The maximum absolute atomic E-state index is 5.50. The van der Waals surface area contributed by atoms with Crippen molar-refractivity contribution in [3.05, 3.63) is 36.7 Å². The number of unbranched alkanes of at least 4 members (excludes halogenated alkanes) is 3. The lowest BCUT2D eigenvalue weighted by Crippen LogP contribution is -2.18. The van der Waals surface area contributed by atoms with E-state index in [1.807, 2.05) is 11.8 Å². The number of nitrogens with zero attached hydrogens (tertiary/aromatic N) is 1. The Balaban J connectivity index is 2.25. The van der Waals surface area contributed by atoms with E-state index in [0.29, 0.717) is 5.25 Å². The Hall–Kier alpha value is -0.565. The van der Waals surface area contributed by atoms with Crippen molar-refractivity contribution in [2.75, 3.05) is 12.3 Å². The molecule has 1 nitrogen and oxygen atoms in total. The van der Waals surface area contributed by atoms with Crippen LogP contribution in [0.5, 0.6) is 0 Å². The first-order chi connectivity index (χ1) is 9.56. The Kier molecular flexibility index (Phi) is 8.21. The molecule has 1 heterocycles. The average molecular weight is 289 g/mol. The van der Waals surface area contributed by atoms with Crippen LogP contribution in [-0.4, -0.2) is 30.3 Å². The van der Waals surface area contributed by atoms with Crippen LogP contribution < -0.4 is 0 Å². The van der Waals surface area contributed by atoms with Crippen molar-refractivity contribution in [3.63, 3.8) is 0 Å². The van der Waals surface area contributed by atoms with Gasteiger partial charge in [0.15, 0.2) is 0 Å². The molecule has 0 amide bonds. The highest BCUT2D eigenvalue weighted by molar-refractivity contribution is 8.00. The fraction of sp³-hybridized carbons (Fsp3) is 0.647. The molecule has 1 aliphatic heterocycles. The van der Waals surface area contributed by atoms with Crippen LogP contribution in [0.3, 0.4) is 0 Å². The minimum absolute atomic E-state index is 0.530. The van der Waals surface area contributed by atoms with E-state index in [2.05, 4.69) is 31.6 Å². The Morgan fingerprint density at radius 2 is 2.00 bits per heavy atom. The summed E-state index contributed by atoms with van der Waals surface area (Å²) >= 11 is 2.04. The minimum Gasteiger partial charge on any atom is -0.348 e. The van der Waals surface area contributed by atoms with Crippen LogP contribution >= 0.6 is 11.8 Å². The fourth-order valence-electron chi connectivity index (χ4n) is 2.40. The van der Waals surface area contributed by atoms with Crippen LogP contribution in [0.2, 0.25) is 6.32 Å². The molecule has 1 atom stereocenters. The number of allylic oxidation sites excluding steroid dienone is 1. The summed E-state index contributed by atoms with van der Waals surface area (Å²) in [4.78, 5) is 2.29. The zero-order valence-electron chi connectivity index (χ0n) is 13.0. The Bertz CT molecular complexity index is 351. The van der Waals surface area contributed by atoms with Crippen LogP contribution in [0.25, 0.3) is 0 Å². The van der Waals surface area contributed by atoms with Gasteiger partial charge in [-0.15, -0.1) is 6.58 Å². The van der Waals surface area contributed by atoms with Crippen molar-refractivity contribution in [2.24, 2.45) is 0 Å². The summed E-state index contributed by atoms with van der Waals surface area (Å²) in [6.45, 7) is 15.5. The van der Waals surface area contributed by atoms with E-state index in [4.69, 9.17) is 7.85 Å². The minimum atomic E-state index is 0.530. The highest BCUT2D eigenvalue weighted by atomic mass is 32.2. The molecule has 0 N–H and O–H groups in total. The summed E-state index contributed by atoms with van der Waals surface area (Å²) in [5.41, 5.74) is 3.68. The maximum Gasteiger partial charge on any atom is 0.0653 e. The van der Waals surface area contributed by atoms with Crippen LogP contribution in [0, 0.1) is 0 Å². The molecule has 0 aromatic rings. The van der Waals surface area contributed by atoms with Crippen molar-refractivity contribution in [1.82, 2.24) is 4.90 Å². The molecule has 1 unspecified atom stereocenters. The third kappa shape index (κ3) is 5.82. The average Bonchev–Trinajstić information content (AvgIpc) is 2.66. The van der Waals surface area contributed by atoms with Gasteiger partial charge in [-0.25, -0.2) is 0 Å². The molecule has 110 valence electrons. The number of hydrogen-bond donors (Lipinski definition) is 0. The van der Waals surface area contributed by atoms with E-state index in [1.54, 1.807) is 0 Å². The largest absolute Gasteiger partial charge is 0.348 e. The lowest BCUT2D eigenvalue weighted by atomic mass is 9.99. The van der Waals surface area contributed by atoms with E-state index < -0.39 is 0 Å². The summed E-state index contributed by atoms with van der Waals surface area (Å²) in [6, 6.07) is 0. The summed E-state index contributed by atoms with van der Waals surface area (Å²) < 4.78 is 0. The molecule has 1 rings (SSSR count). The second-order valence-corrected chi connectivity index (χ2v) is 6.99. The van der Waals surface area contributed by atoms with E-state index in [1.165, 1.54) is 42.0 Å². The van der Waals surface area contributed by atoms with Gasteiger partial charge in [0.1, 0.15) is 0 Å². The summed E-state index contributed by atoms with van der Waals surface area (Å²) in [5, 5.41) is 0.530. The van der Waals surface area contributed by atoms with Gasteiger partial charge in [0, 0.05) is 29.6 Å². The highest BCUT2D eigenvalue weighted by Crippen LogP contribution is 2.37. The molecule has 0 spiro atoms. The first kappa shape index (κ1) is 17.5. The first-order valence-corrected chi connectivity index (χ1v) is 8.71. The molecule has 1 saturated heterocycles. The van der Waals surface area contributed by atoms with Crippen LogP contribution in [-0.2, 0) is 0 Å². The molecule has 0 aromatic carbocycles. The van der Waals surface area contributed by atoms with Gasteiger partial charge in [-0.2, -0.15) is 11.8 Å². The lowest BCUT2D eigenvalue weighted by molar-refractivity contribution is 0.463. The van der Waals surface area contributed by atoms with Crippen molar-refractivity contribution in [1.29, 1.82) is 0 Å².